The highest BCUT2D eigenvalue weighted by atomic mass is 35.5. The largest absolute Gasteiger partial charge is 0.334 e. The van der Waals surface area contributed by atoms with Crippen molar-refractivity contribution < 1.29 is 4.79 Å². The molecule has 0 unspecified atom stereocenters. The van der Waals surface area contributed by atoms with Gasteiger partial charge < -0.3 is 10.6 Å². The monoisotopic (exact) mass is 294 g/mol. The van der Waals surface area contributed by atoms with Gasteiger partial charge in [0.05, 0.1) is 0 Å². The molecule has 3 nitrogen and oxygen atoms in total. The number of carbonyl (C=O) groups is 1. The van der Waals surface area contributed by atoms with Crippen molar-refractivity contribution in [2.24, 2.45) is 0 Å². The molecule has 2 rings (SSSR count). The third-order valence-electron chi connectivity index (χ3n) is 2.44. The van der Waals surface area contributed by atoms with Crippen LogP contribution in [0.1, 0.15) is 5.56 Å². The molecule has 0 bridgehead atoms. The van der Waals surface area contributed by atoms with Crippen LogP contribution in [0.5, 0.6) is 0 Å². The van der Waals surface area contributed by atoms with Crippen molar-refractivity contribution in [2.45, 2.75) is 6.54 Å². The van der Waals surface area contributed by atoms with Crippen molar-refractivity contribution in [3.05, 3.63) is 64.1 Å². The molecule has 5 heteroatoms. The molecule has 0 aliphatic rings. The van der Waals surface area contributed by atoms with E-state index in [4.69, 9.17) is 23.2 Å². The Kier molecular flexibility index (Phi) is 4.66. The van der Waals surface area contributed by atoms with E-state index in [0.29, 0.717) is 22.3 Å². The Labute approximate surface area is 121 Å². The van der Waals surface area contributed by atoms with E-state index in [1.165, 1.54) is 0 Å². The molecule has 2 amide bonds. The Bertz CT molecular complexity index is 570. The fourth-order valence-electron chi connectivity index (χ4n) is 1.54. The molecule has 0 saturated carbocycles. The Morgan fingerprint density at radius 1 is 1.00 bits per heavy atom. The van der Waals surface area contributed by atoms with Gasteiger partial charge in [0.1, 0.15) is 0 Å². The molecule has 2 N–H and O–H groups in total. The van der Waals surface area contributed by atoms with Crippen molar-refractivity contribution in [3.63, 3.8) is 0 Å². The number of anilines is 1. The highest BCUT2D eigenvalue weighted by Gasteiger charge is 2.02. The summed E-state index contributed by atoms with van der Waals surface area (Å²) in [5.41, 5.74) is 1.63. The standard InChI is InChI=1S/C14H12Cl2N2O/c15-11-4-6-13(7-5-11)18-14(19)17-9-10-2-1-3-12(16)8-10/h1-8H,9H2,(H2,17,18,19). The van der Waals surface area contributed by atoms with Crippen LogP contribution in [0.3, 0.4) is 0 Å². The lowest BCUT2D eigenvalue weighted by Gasteiger charge is -2.08. The minimum absolute atomic E-state index is 0.276. The van der Waals surface area contributed by atoms with E-state index in [-0.39, 0.29) is 6.03 Å². The maximum atomic E-state index is 11.7. The molecule has 98 valence electrons. The first-order valence-electron chi connectivity index (χ1n) is 5.68. The molecule has 0 aliphatic carbocycles. The molecule has 0 saturated heterocycles. The SMILES string of the molecule is O=C(NCc1cccc(Cl)c1)Nc1ccc(Cl)cc1. The number of benzene rings is 2. The van der Waals surface area contributed by atoms with E-state index in [0.717, 1.165) is 5.56 Å². The normalized spacial score (nSPS) is 10.0. The molecule has 0 radical (unpaired) electrons. The lowest BCUT2D eigenvalue weighted by molar-refractivity contribution is 0.251. The van der Waals surface area contributed by atoms with Gasteiger partial charge in [-0.1, -0.05) is 35.3 Å². The first-order valence-corrected chi connectivity index (χ1v) is 6.44. The number of nitrogens with one attached hydrogen (secondary N) is 2. The van der Waals surface area contributed by atoms with Gasteiger partial charge in [-0.05, 0) is 42.0 Å². The third kappa shape index (κ3) is 4.47. The van der Waals surface area contributed by atoms with Gasteiger partial charge in [0.15, 0.2) is 0 Å². The number of rotatable bonds is 3. The maximum absolute atomic E-state index is 11.7. The molecular formula is C14H12Cl2N2O. The van der Waals surface area contributed by atoms with E-state index in [1.807, 2.05) is 18.2 Å². The number of carbonyl (C=O) groups excluding carboxylic acids is 1. The second-order valence-electron chi connectivity index (χ2n) is 3.94. The number of hydrogen-bond acceptors (Lipinski definition) is 1. The van der Waals surface area contributed by atoms with Gasteiger partial charge in [-0.15, -0.1) is 0 Å². The number of halogens is 2. The Morgan fingerprint density at radius 2 is 1.74 bits per heavy atom. The Morgan fingerprint density at radius 3 is 2.42 bits per heavy atom. The molecule has 19 heavy (non-hydrogen) atoms. The predicted molar refractivity (Wildman–Crippen MR) is 78.8 cm³/mol. The molecule has 0 atom stereocenters. The number of hydrogen-bond donors (Lipinski definition) is 2. The van der Waals surface area contributed by atoms with Crippen molar-refractivity contribution in [3.8, 4) is 0 Å². The van der Waals surface area contributed by atoms with Crippen molar-refractivity contribution >= 4 is 34.9 Å². The van der Waals surface area contributed by atoms with Gasteiger partial charge in [-0.2, -0.15) is 0 Å². The van der Waals surface area contributed by atoms with Crippen LogP contribution in [0.4, 0.5) is 10.5 Å². The van der Waals surface area contributed by atoms with Gasteiger partial charge in [0, 0.05) is 22.3 Å². The first-order chi connectivity index (χ1) is 9.13. The van der Waals surface area contributed by atoms with E-state index < -0.39 is 0 Å². The highest BCUT2D eigenvalue weighted by molar-refractivity contribution is 6.30. The summed E-state index contributed by atoms with van der Waals surface area (Å²) in [7, 11) is 0. The summed E-state index contributed by atoms with van der Waals surface area (Å²) in [5, 5.41) is 6.74. The fourth-order valence-corrected chi connectivity index (χ4v) is 1.88. The second kappa shape index (κ2) is 6.45. The van der Waals surface area contributed by atoms with Gasteiger partial charge in [0.2, 0.25) is 0 Å². The zero-order chi connectivity index (χ0) is 13.7. The van der Waals surface area contributed by atoms with Crippen LogP contribution in [0.2, 0.25) is 10.0 Å². The summed E-state index contributed by atoms with van der Waals surface area (Å²) >= 11 is 11.6. The Hall–Kier alpha value is -1.71. The quantitative estimate of drug-likeness (QED) is 0.870. The van der Waals surface area contributed by atoms with Gasteiger partial charge in [0.25, 0.3) is 0 Å². The average Bonchev–Trinajstić information content (AvgIpc) is 2.39. The summed E-state index contributed by atoms with van der Waals surface area (Å²) in [6.07, 6.45) is 0. The molecule has 2 aromatic carbocycles. The highest BCUT2D eigenvalue weighted by Crippen LogP contribution is 2.13. The topological polar surface area (TPSA) is 41.1 Å². The molecule has 0 aromatic heterocycles. The molecular weight excluding hydrogens is 283 g/mol. The average molecular weight is 295 g/mol. The predicted octanol–water partition coefficient (Wildman–Crippen LogP) is 4.32. The second-order valence-corrected chi connectivity index (χ2v) is 4.82. The first kappa shape index (κ1) is 13.7. The van der Waals surface area contributed by atoms with Crippen molar-refractivity contribution in [2.75, 3.05) is 5.32 Å². The molecule has 0 fully saturated rings. The summed E-state index contributed by atoms with van der Waals surface area (Å²) < 4.78 is 0. The van der Waals surface area contributed by atoms with Crippen LogP contribution in [-0.2, 0) is 6.54 Å². The summed E-state index contributed by atoms with van der Waals surface area (Å²) in [4.78, 5) is 11.7. The van der Waals surface area contributed by atoms with Crippen LogP contribution in [0, 0.1) is 0 Å². The summed E-state index contributed by atoms with van der Waals surface area (Å²) in [5.74, 6) is 0. The Balaban J connectivity index is 1.86. The van der Waals surface area contributed by atoms with Crippen LogP contribution < -0.4 is 10.6 Å². The van der Waals surface area contributed by atoms with Crippen LogP contribution in [-0.4, -0.2) is 6.03 Å². The molecule has 2 aromatic rings. The van der Waals surface area contributed by atoms with E-state index >= 15 is 0 Å². The lowest BCUT2D eigenvalue weighted by Crippen LogP contribution is -2.28. The molecule has 0 aliphatic heterocycles. The fraction of sp³-hybridized carbons (Fsp3) is 0.0714. The van der Waals surface area contributed by atoms with E-state index in [9.17, 15) is 4.79 Å². The zero-order valence-electron chi connectivity index (χ0n) is 9.99. The maximum Gasteiger partial charge on any atom is 0.319 e. The van der Waals surface area contributed by atoms with Gasteiger partial charge in [-0.3, -0.25) is 0 Å². The van der Waals surface area contributed by atoms with Crippen LogP contribution >= 0.6 is 23.2 Å². The zero-order valence-corrected chi connectivity index (χ0v) is 11.5. The molecule has 0 heterocycles. The smallest absolute Gasteiger partial charge is 0.319 e. The van der Waals surface area contributed by atoms with Crippen LogP contribution in [0.25, 0.3) is 0 Å². The third-order valence-corrected chi connectivity index (χ3v) is 2.93. The minimum Gasteiger partial charge on any atom is -0.334 e. The summed E-state index contributed by atoms with van der Waals surface area (Å²) in [6.45, 7) is 0.417. The molecule has 0 spiro atoms. The summed E-state index contributed by atoms with van der Waals surface area (Å²) in [6, 6.07) is 14.0. The number of urea groups is 1. The van der Waals surface area contributed by atoms with E-state index in [2.05, 4.69) is 10.6 Å². The van der Waals surface area contributed by atoms with Crippen molar-refractivity contribution in [1.29, 1.82) is 0 Å². The van der Waals surface area contributed by atoms with Crippen molar-refractivity contribution in [1.82, 2.24) is 5.32 Å². The number of amides is 2. The minimum atomic E-state index is -0.276. The van der Waals surface area contributed by atoms with E-state index in [1.54, 1.807) is 30.3 Å². The van der Waals surface area contributed by atoms with Crippen LogP contribution in [0.15, 0.2) is 48.5 Å². The van der Waals surface area contributed by atoms with Gasteiger partial charge in [-0.25, -0.2) is 4.79 Å². The lowest BCUT2D eigenvalue weighted by atomic mass is 10.2. The van der Waals surface area contributed by atoms with Gasteiger partial charge >= 0.3 is 6.03 Å².